The molecule has 0 saturated carbocycles. The van der Waals surface area contributed by atoms with Crippen LogP contribution in [-0.2, 0) is 128 Å². The van der Waals surface area contributed by atoms with Crippen LogP contribution in [0.4, 0.5) is 40.8 Å². The van der Waals surface area contributed by atoms with Gasteiger partial charge in [-0.3, -0.25) is 54.0 Å². The number of nitrogens with zero attached hydrogens (tertiary/aromatic N) is 12. The molecule has 14 aromatic rings. The zero-order valence-electron chi connectivity index (χ0n) is 60.5. The topological polar surface area (TPSA) is 260 Å². The van der Waals surface area contributed by atoms with Gasteiger partial charge in [-0.05, 0) is 128 Å². The Hall–Kier alpha value is -10.5. The second-order valence-corrected chi connectivity index (χ2v) is 22.8. The van der Waals surface area contributed by atoms with Crippen molar-refractivity contribution < 1.29 is 165 Å². The van der Waals surface area contributed by atoms with Crippen LogP contribution < -0.4 is 5.73 Å². The first-order valence-electron chi connectivity index (χ1n) is 31.9. The Bertz CT molecular complexity index is 5300. The van der Waals surface area contributed by atoms with E-state index in [1.54, 1.807) is 103 Å². The number of carbonyl (C=O) groups is 3. The summed E-state index contributed by atoms with van der Waals surface area (Å²) in [5.74, 6) is -8.68. The number of nitrogens with two attached hydrogens (primary N) is 1. The van der Waals surface area contributed by atoms with E-state index in [0.717, 1.165) is 87.5 Å². The summed E-state index contributed by atoms with van der Waals surface area (Å²) in [6.07, 6.45) is 8.04. The van der Waals surface area contributed by atoms with E-state index in [2.05, 4.69) is 87.5 Å². The summed E-state index contributed by atoms with van der Waals surface area (Å²) >= 11 is 0. The molecule has 0 aliphatic carbocycles. The molecule has 5 N–H and O–H groups in total. The standard InChI is InChI=1S/C15H10N.C13H7F2N2.C12H9F2N2.C12H8F2N.C11H6F2N.3C6H8N2O2.5Ir/c1-2-7-13(8-3-1)15-14-9-5-4-6-12(14)10-11-16-15;1-8-5-6-17-11(7-8)9-3-4-10(14)13(16-2)12(9)15;13-9-1-2-10(11(14)6-9)12-5-8(7-15)3-4-16-12;1-8-4-5-15-12(6-8)10-3-2-9(13)7-11(10)14;12-8-4-5-9(10(13)7-8)11-3-1-2-6-14-11;3*1-4-3-5(6(9)10)7-8(4)2;;;;;/h1-7,9-11H;4-7H,1H3;1,3-6H,7,15H2;2,4-7H,1H3;1-4,6-7H;3*3H,1-2H3,(H,9,10);;;;;/q5*-1;;;;;;;;. The number of hydrogen-bond donors (Lipinski definition) is 4. The molecule has 0 aliphatic heterocycles. The summed E-state index contributed by atoms with van der Waals surface area (Å²) < 4.78 is 109. The third-order valence-electron chi connectivity index (χ3n) is 14.9. The SMILES string of the molecule is Cc1cc(C(=O)O)nn1C.Cc1cc(C(=O)O)nn1C.Cc1cc(C(=O)O)nn1C.Cc1ccnc(-c2[c-]cc(F)cc2F)c1.Fc1c[c-]c(-c2ccccn2)c(F)c1.NCc1ccnc(-c2[c-]cc(F)cc2F)c1.[C-]#[N+]c1c(F)c[c-]c(-c2cc(C)ccn2)c1F.[Ir].[Ir].[Ir].[Ir].[Ir].[c-]1ccccc1-c1nccc2ccccc12. The van der Waals surface area contributed by atoms with Crippen molar-refractivity contribution in [2.75, 3.05) is 0 Å². The summed E-state index contributed by atoms with van der Waals surface area (Å²) in [5, 5.41) is 38.9. The Labute approximate surface area is 712 Å². The molecule has 6 aromatic carbocycles. The van der Waals surface area contributed by atoms with Crippen molar-refractivity contribution in [2.24, 2.45) is 26.9 Å². The fourth-order valence-electron chi connectivity index (χ4n) is 9.17. The summed E-state index contributed by atoms with van der Waals surface area (Å²) in [7, 11) is 5.13. The number of aromatic nitrogens is 11. The second-order valence-electron chi connectivity index (χ2n) is 22.8. The maximum atomic E-state index is 13.8. The molecule has 595 valence electrons. The van der Waals surface area contributed by atoms with Crippen LogP contribution in [-0.4, -0.2) is 87.5 Å². The molecule has 0 fully saturated rings. The molecule has 0 aliphatic rings. The Morgan fingerprint density at radius 2 is 0.832 bits per heavy atom. The van der Waals surface area contributed by atoms with E-state index < -0.39 is 70.1 Å². The van der Waals surface area contributed by atoms with Gasteiger partial charge in [0.05, 0.1) is 6.57 Å². The molecule has 0 atom stereocenters. The second kappa shape index (κ2) is 48.4. The van der Waals surface area contributed by atoms with E-state index in [0.29, 0.717) is 29.3 Å². The van der Waals surface area contributed by atoms with E-state index in [-0.39, 0.29) is 140 Å². The van der Waals surface area contributed by atoms with Gasteiger partial charge < -0.3 is 46.0 Å². The van der Waals surface area contributed by atoms with Gasteiger partial charge in [-0.25, -0.2) is 14.4 Å². The minimum Gasteiger partial charge on any atom is -0.476 e. The molecule has 8 aromatic heterocycles. The number of aromatic carboxylic acids is 3. The van der Waals surface area contributed by atoms with Gasteiger partial charge in [-0.15, -0.1) is 90.0 Å². The van der Waals surface area contributed by atoms with Crippen LogP contribution >= 0.6 is 0 Å². The molecule has 0 saturated heterocycles. The molecule has 19 nitrogen and oxygen atoms in total. The number of carboxylic acid groups (broad SMARTS) is 3. The molecular weight excluding hydrogens is 2360 g/mol. The average Bonchev–Trinajstić information content (AvgIpc) is 1.59. The maximum absolute atomic E-state index is 13.8. The zero-order chi connectivity index (χ0) is 78.7. The number of pyridine rings is 5. The molecule has 0 bridgehead atoms. The van der Waals surface area contributed by atoms with Gasteiger partial charge in [0.1, 0.15) is 0 Å². The van der Waals surface area contributed by atoms with E-state index in [9.17, 15) is 49.5 Å². The van der Waals surface area contributed by atoms with Gasteiger partial charge in [-0.2, -0.15) is 15.3 Å². The van der Waals surface area contributed by atoms with Gasteiger partial charge in [-0.1, -0.05) is 101 Å². The van der Waals surface area contributed by atoms with Crippen molar-refractivity contribution in [3.05, 3.63) is 340 Å². The van der Waals surface area contributed by atoms with E-state index in [4.69, 9.17) is 27.6 Å². The molecule has 8 heterocycles. The first kappa shape index (κ1) is 98.6. The van der Waals surface area contributed by atoms with E-state index in [1.807, 2.05) is 68.6 Å². The number of benzene rings is 6. The summed E-state index contributed by atoms with van der Waals surface area (Å²) in [6, 6.07) is 58.2. The first-order valence-corrected chi connectivity index (χ1v) is 31.9. The minimum absolute atomic E-state index is 0. The van der Waals surface area contributed by atoms with Gasteiger partial charge in [0.15, 0.2) is 22.8 Å². The number of fused-ring (bicyclic) bond motifs is 1. The fourth-order valence-corrected chi connectivity index (χ4v) is 9.17. The van der Waals surface area contributed by atoms with Crippen LogP contribution in [0.15, 0.2) is 201 Å². The van der Waals surface area contributed by atoms with Crippen LogP contribution in [0, 0.1) is 118 Å². The minimum atomic E-state index is -0.983. The normalized spacial score (nSPS) is 9.70. The number of halogens is 8. The van der Waals surface area contributed by atoms with Crippen LogP contribution in [0.3, 0.4) is 0 Å². The van der Waals surface area contributed by atoms with Crippen molar-refractivity contribution in [2.45, 2.75) is 41.2 Å². The van der Waals surface area contributed by atoms with Crippen molar-refractivity contribution in [1.82, 2.24) is 54.3 Å². The van der Waals surface area contributed by atoms with Crippen LogP contribution in [0.1, 0.15) is 65.2 Å². The Morgan fingerprint density at radius 3 is 1.21 bits per heavy atom. The molecule has 113 heavy (non-hydrogen) atoms. The summed E-state index contributed by atoms with van der Waals surface area (Å²) in [6.45, 7) is 16.2. The Morgan fingerprint density at radius 1 is 0.434 bits per heavy atom. The van der Waals surface area contributed by atoms with Crippen molar-refractivity contribution in [3.63, 3.8) is 0 Å². The molecule has 0 amide bonds. The summed E-state index contributed by atoms with van der Waals surface area (Å²) in [4.78, 5) is 54.1. The fraction of sp³-hybridized carbons (Fsp3) is 0.111. The number of rotatable bonds is 9. The van der Waals surface area contributed by atoms with Crippen molar-refractivity contribution in [1.29, 1.82) is 0 Å². The average molecular weight is 2430 g/mol. The predicted molar refractivity (Wildman–Crippen MR) is 388 cm³/mol. The summed E-state index contributed by atoms with van der Waals surface area (Å²) in [5.41, 5.74) is 14.6. The number of carboxylic acids is 3. The van der Waals surface area contributed by atoms with Gasteiger partial charge >= 0.3 is 17.9 Å². The first-order chi connectivity index (χ1) is 51.5. The van der Waals surface area contributed by atoms with E-state index >= 15 is 0 Å². The number of aryl methyl sites for hydroxylation is 8. The predicted octanol–water partition coefficient (Wildman–Crippen LogP) is 16.9. The molecule has 0 unspecified atom stereocenters. The Kier molecular flexibility index (Phi) is 42.3. The maximum Gasteiger partial charge on any atom is 0.356 e. The molecule has 14 rings (SSSR count). The third-order valence-corrected chi connectivity index (χ3v) is 14.9. The largest absolute Gasteiger partial charge is 0.476 e. The zero-order valence-corrected chi connectivity index (χ0v) is 72.4. The molecule has 0 spiro atoms. The quantitative estimate of drug-likeness (QED) is 0.0773. The van der Waals surface area contributed by atoms with Crippen LogP contribution in [0.5, 0.6) is 0 Å². The molecular formula is C81H64F8Ir5N13O6-5. The Balaban J connectivity index is 0.000000439. The van der Waals surface area contributed by atoms with Gasteiger partial charge in [0, 0.05) is 223 Å². The van der Waals surface area contributed by atoms with Gasteiger partial charge in [0.2, 0.25) is 0 Å². The number of hydrogen-bond acceptors (Lipinski definition) is 12. The van der Waals surface area contributed by atoms with Crippen molar-refractivity contribution >= 4 is 34.4 Å². The van der Waals surface area contributed by atoms with Crippen LogP contribution in [0.25, 0.3) is 71.9 Å². The van der Waals surface area contributed by atoms with E-state index in [1.165, 1.54) is 55.4 Å². The van der Waals surface area contributed by atoms with Gasteiger partial charge in [0.25, 0.3) is 0 Å². The smallest absolute Gasteiger partial charge is 0.356 e. The van der Waals surface area contributed by atoms with Crippen molar-refractivity contribution in [3.8, 4) is 56.3 Å². The van der Waals surface area contributed by atoms with Crippen LogP contribution in [0.2, 0.25) is 0 Å². The monoisotopic (exact) mass is 2430 g/mol. The third kappa shape index (κ3) is 29.5. The molecule has 32 heteroatoms. The molecule has 5 radical (unpaired) electrons.